The summed E-state index contributed by atoms with van der Waals surface area (Å²) < 4.78 is 0. The molecule has 0 radical (unpaired) electrons. The molecule has 0 aliphatic rings. The molecule has 28 heavy (non-hydrogen) atoms. The minimum absolute atomic E-state index is 0.148. The molecule has 0 saturated heterocycles. The summed E-state index contributed by atoms with van der Waals surface area (Å²) in [6, 6.07) is 0. The van der Waals surface area contributed by atoms with E-state index in [1.54, 1.807) is 0 Å². The van der Waals surface area contributed by atoms with Gasteiger partial charge < -0.3 is 10.2 Å². The van der Waals surface area contributed by atoms with Gasteiger partial charge in [-0.25, -0.2) is 0 Å². The standard InChI is InChI=1S/C24H46O4/c1-6-21(18-24(19(2)3,20(4)5)23(27)28)16-14-12-10-8-7-9-11-13-15-17-22(25)26/h19-21H,6-18H2,1-5H3,(H,25,26)(H,27,28). The van der Waals surface area contributed by atoms with Crippen LogP contribution in [0.4, 0.5) is 0 Å². The molecule has 0 aromatic heterocycles. The van der Waals surface area contributed by atoms with Gasteiger partial charge in [-0.05, 0) is 30.6 Å². The number of aliphatic carboxylic acids is 2. The first-order valence-corrected chi connectivity index (χ1v) is 11.6. The molecular formula is C24H46O4. The topological polar surface area (TPSA) is 74.6 Å². The molecule has 0 heterocycles. The SMILES string of the molecule is CCC(CCCCCCCCCCCC(=O)O)CC(C(=O)O)(C(C)C)C(C)C. The Hall–Kier alpha value is -1.06. The van der Waals surface area contributed by atoms with E-state index < -0.39 is 17.4 Å². The Morgan fingerprint density at radius 1 is 0.750 bits per heavy atom. The van der Waals surface area contributed by atoms with Gasteiger partial charge in [0.15, 0.2) is 0 Å². The van der Waals surface area contributed by atoms with Crippen molar-refractivity contribution in [2.45, 2.75) is 118 Å². The predicted molar refractivity (Wildman–Crippen MR) is 117 cm³/mol. The van der Waals surface area contributed by atoms with E-state index in [1.165, 1.54) is 38.5 Å². The summed E-state index contributed by atoms with van der Waals surface area (Å²) in [4.78, 5) is 22.6. The van der Waals surface area contributed by atoms with Gasteiger partial charge in [0.05, 0.1) is 5.41 Å². The second-order valence-corrected chi connectivity index (χ2v) is 9.25. The Labute approximate surface area is 173 Å². The summed E-state index contributed by atoms with van der Waals surface area (Å²) in [5, 5.41) is 18.6. The molecule has 0 aromatic carbocycles. The van der Waals surface area contributed by atoms with Gasteiger partial charge in [0, 0.05) is 6.42 Å². The van der Waals surface area contributed by atoms with E-state index in [0.717, 1.165) is 38.5 Å². The Bertz CT molecular complexity index is 420. The smallest absolute Gasteiger partial charge is 0.310 e. The van der Waals surface area contributed by atoms with Crippen LogP contribution < -0.4 is 0 Å². The molecule has 4 nitrogen and oxygen atoms in total. The highest BCUT2D eigenvalue weighted by Crippen LogP contribution is 2.43. The first-order valence-electron chi connectivity index (χ1n) is 11.6. The van der Waals surface area contributed by atoms with Crippen molar-refractivity contribution in [3.63, 3.8) is 0 Å². The molecular weight excluding hydrogens is 352 g/mol. The van der Waals surface area contributed by atoms with Crippen molar-refractivity contribution in [3.8, 4) is 0 Å². The fraction of sp³-hybridized carbons (Fsp3) is 0.917. The van der Waals surface area contributed by atoms with Gasteiger partial charge in [0.2, 0.25) is 0 Å². The minimum atomic E-state index is -0.687. The third-order valence-electron chi connectivity index (χ3n) is 6.67. The van der Waals surface area contributed by atoms with Crippen molar-refractivity contribution in [1.29, 1.82) is 0 Å². The highest BCUT2D eigenvalue weighted by Gasteiger charge is 2.45. The number of carboxylic acids is 2. The van der Waals surface area contributed by atoms with Gasteiger partial charge in [0.1, 0.15) is 0 Å². The van der Waals surface area contributed by atoms with Crippen LogP contribution in [0.25, 0.3) is 0 Å². The van der Waals surface area contributed by atoms with Crippen molar-refractivity contribution < 1.29 is 19.8 Å². The van der Waals surface area contributed by atoms with Crippen LogP contribution in [-0.2, 0) is 9.59 Å². The molecule has 1 atom stereocenters. The molecule has 0 aliphatic heterocycles. The maximum atomic E-state index is 12.1. The summed E-state index contributed by atoms with van der Waals surface area (Å²) in [6.07, 6.45) is 13.7. The maximum absolute atomic E-state index is 12.1. The molecule has 0 saturated carbocycles. The zero-order valence-electron chi connectivity index (χ0n) is 19.1. The second kappa shape index (κ2) is 14.9. The van der Waals surface area contributed by atoms with E-state index in [4.69, 9.17) is 5.11 Å². The molecule has 0 bridgehead atoms. The Balaban J connectivity index is 4.06. The molecule has 0 aliphatic carbocycles. The molecule has 166 valence electrons. The third-order valence-corrected chi connectivity index (χ3v) is 6.67. The number of hydrogen-bond donors (Lipinski definition) is 2. The van der Waals surface area contributed by atoms with Crippen LogP contribution >= 0.6 is 0 Å². The van der Waals surface area contributed by atoms with Crippen molar-refractivity contribution in [2.75, 3.05) is 0 Å². The number of carboxylic acid groups (broad SMARTS) is 2. The largest absolute Gasteiger partial charge is 0.481 e. The molecule has 0 aromatic rings. The summed E-state index contributed by atoms with van der Waals surface area (Å²) in [5.74, 6) is -0.522. The average molecular weight is 399 g/mol. The molecule has 2 N–H and O–H groups in total. The highest BCUT2D eigenvalue weighted by atomic mass is 16.4. The zero-order chi connectivity index (χ0) is 21.6. The first-order chi connectivity index (χ1) is 13.2. The number of hydrogen-bond acceptors (Lipinski definition) is 2. The molecule has 0 spiro atoms. The Morgan fingerprint density at radius 2 is 1.18 bits per heavy atom. The summed E-state index contributed by atoms with van der Waals surface area (Å²) in [6.45, 7) is 10.4. The monoisotopic (exact) mass is 398 g/mol. The maximum Gasteiger partial charge on any atom is 0.310 e. The van der Waals surface area contributed by atoms with E-state index in [2.05, 4.69) is 34.6 Å². The van der Waals surface area contributed by atoms with Crippen LogP contribution in [-0.4, -0.2) is 22.2 Å². The van der Waals surface area contributed by atoms with Gasteiger partial charge in [-0.3, -0.25) is 9.59 Å². The van der Waals surface area contributed by atoms with Crippen LogP contribution in [0, 0.1) is 23.2 Å². The summed E-state index contributed by atoms with van der Waals surface area (Å²) in [7, 11) is 0. The lowest BCUT2D eigenvalue weighted by Gasteiger charge is -2.40. The lowest BCUT2D eigenvalue weighted by molar-refractivity contribution is -0.157. The van der Waals surface area contributed by atoms with Gasteiger partial charge in [0.25, 0.3) is 0 Å². The van der Waals surface area contributed by atoms with Crippen LogP contribution in [0.5, 0.6) is 0 Å². The van der Waals surface area contributed by atoms with Gasteiger partial charge >= 0.3 is 11.9 Å². The molecule has 0 amide bonds. The summed E-state index contributed by atoms with van der Waals surface area (Å²) >= 11 is 0. The van der Waals surface area contributed by atoms with Crippen molar-refractivity contribution in [3.05, 3.63) is 0 Å². The first kappa shape index (κ1) is 26.9. The molecule has 0 rings (SSSR count). The fourth-order valence-electron chi connectivity index (χ4n) is 4.59. The van der Waals surface area contributed by atoms with Gasteiger partial charge in [-0.15, -0.1) is 0 Å². The lowest BCUT2D eigenvalue weighted by atomic mass is 9.63. The molecule has 4 heteroatoms. The van der Waals surface area contributed by atoms with E-state index in [1.807, 2.05) is 0 Å². The Kier molecular flexibility index (Phi) is 14.3. The molecule has 0 fully saturated rings. The van der Waals surface area contributed by atoms with Crippen LogP contribution in [0.1, 0.15) is 118 Å². The van der Waals surface area contributed by atoms with E-state index in [0.29, 0.717) is 12.3 Å². The second-order valence-electron chi connectivity index (χ2n) is 9.25. The van der Waals surface area contributed by atoms with Gasteiger partial charge in [-0.2, -0.15) is 0 Å². The van der Waals surface area contributed by atoms with E-state index >= 15 is 0 Å². The van der Waals surface area contributed by atoms with Crippen LogP contribution in [0.15, 0.2) is 0 Å². The molecule has 1 unspecified atom stereocenters. The van der Waals surface area contributed by atoms with Crippen molar-refractivity contribution in [1.82, 2.24) is 0 Å². The van der Waals surface area contributed by atoms with Crippen molar-refractivity contribution in [2.24, 2.45) is 23.2 Å². The normalized spacial score (nSPS) is 13.2. The number of carbonyl (C=O) groups is 2. The number of rotatable bonds is 18. The van der Waals surface area contributed by atoms with Crippen LogP contribution in [0.3, 0.4) is 0 Å². The van der Waals surface area contributed by atoms with Gasteiger partial charge in [-0.1, -0.05) is 98.8 Å². The zero-order valence-corrected chi connectivity index (χ0v) is 19.1. The predicted octanol–water partition coefficient (Wildman–Crippen LogP) is 7.16. The summed E-state index contributed by atoms with van der Waals surface area (Å²) in [5.41, 5.74) is -0.610. The Morgan fingerprint density at radius 3 is 1.54 bits per heavy atom. The quantitative estimate of drug-likeness (QED) is 0.240. The minimum Gasteiger partial charge on any atom is -0.481 e. The number of unbranched alkanes of at least 4 members (excludes halogenated alkanes) is 8. The van der Waals surface area contributed by atoms with E-state index in [-0.39, 0.29) is 11.8 Å². The highest BCUT2D eigenvalue weighted by molar-refractivity contribution is 5.75. The third kappa shape index (κ3) is 9.93. The average Bonchev–Trinajstić information content (AvgIpc) is 2.60. The lowest BCUT2D eigenvalue weighted by Crippen LogP contribution is -2.42. The van der Waals surface area contributed by atoms with Crippen molar-refractivity contribution >= 4 is 11.9 Å². The van der Waals surface area contributed by atoms with E-state index in [9.17, 15) is 14.7 Å². The van der Waals surface area contributed by atoms with Crippen LogP contribution in [0.2, 0.25) is 0 Å². The fourth-order valence-corrected chi connectivity index (χ4v) is 4.59.